The molecular formula is C17H23NO9. The van der Waals surface area contributed by atoms with Gasteiger partial charge in [0.2, 0.25) is 6.29 Å². The average Bonchev–Trinajstić information content (AvgIpc) is 2.61. The first-order valence-corrected chi connectivity index (χ1v) is 8.23. The van der Waals surface area contributed by atoms with Gasteiger partial charge >= 0.3 is 11.9 Å². The van der Waals surface area contributed by atoms with Crippen LogP contribution in [0.25, 0.3) is 0 Å². The van der Waals surface area contributed by atoms with E-state index in [1.54, 1.807) is 25.2 Å². The Labute approximate surface area is 155 Å². The minimum atomic E-state index is -1.79. The van der Waals surface area contributed by atoms with Crippen LogP contribution in [0.2, 0.25) is 0 Å². The molecule has 0 bridgehead atoms. The minimum absolute atomic E-state index is 0.0703. The van der Waals surface area contributed by atoms with Gasteiger partial charge in [-0.05, 0) is 24.7 Å². The Kier molecular flexibility index (Phi) is 7.11. The number of aliphatic hydroxyl groups excluding tert-OH is 3. The first kappa shape index (κ1) is 21.1. The van der Waals surface area contributed by atoms with Crippen molar-refractivity contribution < 1.29 is 44.2 Å². The van der Waals surface area contributed by atoms with E-state index in [1.807, 2.05) is 0 Å². The van der Waals surface area contributed by atoms with E-state index in [1.165, 1.54) is 6.92 Å². The van der Waals surface area contributed by atoms with Gasteiger partial charge in [0.1, 0.15) is 30.7 Å². The fourth-order valence-electron chi connectivity index (χ4n) is 2.63. The van der Waals surface area contributed by atoms with Crippen LogP contribution < -0.4 is 10.1 Å². The van der Waals surface area contributed by atoms with Crippen molar-refractivity contribution in [3.05, 3.63) is 29.3 Å². The third kappa shape index (κ3) is 5.15. The molecular weight excluding hydrogens is 362 g/mol. The van der Waals surface area contributed by atoms with Gasteiger partial charge in [0, 0.05) is 19.0 Å². The van der Waals surface area contributed by atoms with E-state index in [-0.39, 0.29) is 12.4 Å². The molecule has 0 radical (unpaired) electrons. The molecule has 5 atom stereocenters. The second kappa shape index (κ2) is 9.11. The van der Waals surface area contributed by atoms with Gasteiger partial charge in [-0.3, -0.25) is 4.79 Å². The van der Waals surface area contributed by atoms with Crippen LogP contribution in [0.1, 0.15) is 18.1 Å². The predicted molar refractivity (Wildman–Crippen MR) is 89.6 cm³/mol. The molecule has 2 rings (SSSR count). The Hall–Kier alpha value is -2.24. The molecule has 0 amide bonds. The number of aliphatic hydroxyl groups is 3. The molecule has 0 aromatic heterocycles. The average molecular weight is 385 g/mol. The number of hydrogen-bond donors (Lipinski definition) is 5. The lowest BCUT2D eigenvalue weighted by atomic mass is 9.99. The van der Waals surface area contributed by atoms with Crippen molar-refractivity contribution >= 4 is 11.9 Å². The Morgan fingerprint density at radius 3 is 2.48 bits per heavy atom. The summed E-state index contributed by atoms with van der Waals surface area (Å²) in [5.74, 6) is -1.64. The van der Waals surface area contributed by atoms with Gasteiger partial charge in [0.05, 0.1) is 0 Å². The summed E-state index contributed by atoms with van der Waals surface area (Å²) in [6, 6.07) is 4.89. The van der Waals surface area contributed by atoms with Gasteiger partial charge < -0.3 is 40.0 Å². The zero-order valence-electron chi connectivity index (χ0n) is 14.9. The van der Waals surface area contributed by atoms with E-state index in [2.05, 4.69) is 5.32 Å². The molecule has 1 aromatic carbocycles. The highest BCUT2D eigenvalue weighted by molar-refractivity contribution is 5.73. The number of carbonyl (C=O) groups is 2. The van der Waals surface area contributed by atoms with E-state index in [0.29, 0.717) is 17.7 Å². The maximum Gasteiger partial charge on any atom is 0.335 e. The number of benzene rings is 1. The number of hydrogen-bond acceptors (Lipinski definition) is 9. The quantitative estimate of drug-likeness (QED) is 0.359. The van der Waals surface area contributed by atoms with Gasteiger partial charge in [-0.25, -0.2) is 4.79 Å². The number of esters is 1. The van der Waals surface area contributed by atoms with Crippen LogP contribution in [0.4, 0.5) is 0 Å². The molecule has 0 aliphatic carbocycles. The summed E-state index contributed by atoms with van der Waals surface area (Å²) in [5.41, 5.74) is 1.33. The van der Waals surface area contributed by atoms with Crippen LogP contribution in [0.5, 0.6) is 5.75 Å². The molecule has 1 saturated heterocycles. The number of rotatable bonds is 7. The molecule has 150 valence electrons. The molecule has 0 unspecified atom stereocenters. The zero-order valence-corrected chi connectivity index (χ0v) is 14.9. The maximum atomic E-state index is 11.2. The molecule has 1 heterocycles. The lowest BCUT2D eigenvalue weighted by Crippen LogP contribution is -2.61. The van der Waals surface area contributed by atoms with E-state index >= 15 is 0 Å². The number of carboxylic acids is 1. The molecule has 1 aliphatic rings. The maximum absolute atomic E-state index is 11.2. The SMILES string of the molecule is CNCc1cc(COC(C)=O)ccc1O[C@@H]1O[C@H](C(=O)O)[C@@H](O)[C@H](O)[C@H]1O. The molecule has 0 spiro atoms. The summed E-state index contributed by atoms with van der Waals surface area (Å²) < 4.78 is 15.6. The Bertz CT molecular complexity index is 680. The Morgan fingerprint density at radius 2 is 1.89 bits per heavy atom. The van der Waals surface area contributed by atoms with Crippen LogP contribution in [0.3, 0.4) is 0 Å². The second-order valence-electron chi connectivity index (χ2n) is 6.11. The van der Waals surface area contributed by atoms with E-state index in [4.69, 9.17) is 19.3 Å². The van der Waals surface area contributed by atoms with Crippen molar-refractivity contribution in [1.29, 1.82) is 0 Å². The van der Waals surface area contributed by atoms with Crippen molar-refractivity contribution in [3.63, 3.8) is 0 Å². The van der Waals surface area contributed by atoms with E-state index < -0.39 is 42.6 Å². The smallest absolute Gasteiger partial charge is 0.335 e. The minimum Gasteiger partial charge on any atom is -0.479 e. The largest absolute Gasteiger partial charge is 0.479 e. The Balaban J connectivity index is 2.21. The summed E-state index contributed by atoms with van der Waals surface area (Å²) in [6.45, 7) is 1.73. The highest BCUT2D eigenvalue weighted by atomic mass is 16.7. The van der Waals surface area contributed by atoms with Gasteiger partial charge in [-0.15, -0.1) is 0 Å². The van der Waals surface area contributed by atoms with Crippen LogP contribution >= 0.6 is 0 Å². The third-order valence-corrected chi connectivity index (χ3v) is 3.99. The Morgan fingerprint density at radius 1 is 1.19 bits per heavy atom. The van der Waals surface area contributed by atoms with Crippen molar-refractivity contribution in [2.45, 2.75) is 50.8 Å². The zero-order chi connectivity index (χ0) is 20.1. The highest BCUT2D eigenvalue weighted by Crippen LogP contribution is 2.27. The molecule has 0 saturated carbocycles. The number of aliphatic carboxylic acids is 1. The van der Waals surface area contributed by atoms with Gasteiger partial charge in [0.25, 0.3) is 0 Å². The highest BCUT2D eigenvalue weighted by Gasteiger charge is 2.48. The molecule has 27 heavy (non-hydrogen) atoms. The lowest BCUT2D eigenvalue weighted by Gasteiger charge is -2.38. The monoisotopic (exact) mass is 385 g/mol. The van der Waals surface area contributed by atoms with Crippen molar-refractivity contribution in [2.24, 2.45) is 0 Å². The predicted octanol–water partition coefficient (Wildman–Crippen LogP) is -1.26. The standard InChI is InChI=1S/C17H23NO9/c1-8(19)25-7-9-3-4-11(10(5-9)6-18-2)26-17-14(22)12(20)13(21)15(27-17)16(23)24/h3-5,12-15,17-18,20-22H,6-7H2,1-2H3,(H,23,24)/t12-,13-,14+,15-,17+/m0/s1. The van der Waals surface area contributed by atoms with E-state index in [0.717, 1.165) is 0 Å². The van der Waals surface area contributed by atoms with Crippen LogP contribution in [0.15, 0.2) is 18.2 Å². The molecule has 10 nitrogen and oxygen atoms in total. The van der Waals surface area contributed by atoms with Crippen molar-refractivity contribution in [2.75, 3.05) is 7.05 Å². The van der Waals surface area contributed by atoms with Crippen LogP contribution in [-0.2, 0) is 32.2 Å². The first-order chi connectivity index (χ1) is 12.7. The summed E-state index contributed by atoms with van der Waals surface area (Å²) in [7, 11) is 1.70. The molecule has 1 aliphatic heterocycles. The molecule has 10 heteroatoms. The van der Waals surface area contributed by atoms with Crippen molar-refractivity contribution in [1.82, 2.24) is 5.32 Å². The summed E-state index contributed by atoms with van der Waals surface area (Å²) >= 11 is 0. The number of ether oxygens (including phenoxy) is 3. The summed E-state index contributed by atoms with van der Waals surface area (Å²) in [4.78, 5) is 22.1. The summed E-state index contributed by atoms with van der Waals surface area (Å²) in [5, 5.41) is 41.7. The fraction of sp³-hybridized carbons (Fsp3) is 0.529. The normalized spacial score (nSPS) is 27.8. The first-order valence-electron chi connectivity index (χ1n) is 8.23. The summed E-state index contributed by atoms with van der Waals surface area (Å²) in [6.07, 6.45) is -8.44. The topological polar surface area (TPSA) is 155 Å². The van der Waals surface area contributed by atoms with Gasteiger partial charge in [-0.1, -0.05) is 6.07 Å². The lowest BCUT2D eigenvalue weighted by molar-refractivity contribution is -0.271. The van der Waals surface area contributed by atoms with Crippen LogP contribution in [-0.4, -0.2) is 70.1 Å². The molecule has 1 fully saturated rings. The second-order valence-corrected chi connectivity index (χ2v) is 6.11. The number of carboxylic acid groups (broad SMARTS) is 1. The number of nitrogens with one attached hydrogen (secondary N) is 1. The third-order valence-electron chi connectivity index (χ3n) is 3.99. The van der Waals surface area contributed by atoms with Crippen molar-refractivity contribution in [3.8, 4) is 5.75 Å². The number of carbonyl (C=O) groups excluding carboxylic acids is 1. The van der Waals surface area contributed by atoms with Crippen LogP contribution in [0, 0.1) is 0 Å². The van der Waals surface area contributed by atoms with E-state index in [9.17, 15) is 24.9 Å². The fourth-order valence-corrected chi connectivity index (χ4v) is 2.63. The van der Waals surface area contributed by atoms with Gasteiger partial charge in [0.15, 0.2) is 6.10 Å². The van der Waals surface area contributed by atoms with Gasteiger partial charge in [-0.2, -0.15) is 0 Å². The molecule has 5 N–H and O–H groups in total. The molecule has 1 aromatic rings.